The van der Waals surface area contributed by atoms with Crippen LogP contribution >= 0.6 is 11.3 Å². The second-order valence-corrected chi connectivity index (χ2v) is 6.76. The Morgan fingerprint density at radius 3 is 2.68 bits per heavy atom. The molecule has 2 rings (SSSR count). The molecule has 22 heavy (non-hydrogen) atoms. The van der Waals surface area contributed by atoms with Gasteiger partial charge in [-0.3, -0.25) is 4.79 Å². The van der Waals surface area contributed by atoms with Crippen LogP contribution in [0.4, 0.5) is 0 Å². The van der Waals surface area contributed by atoms with Gasteiger partial charge in [-0.05, 0) is 22.6 Å². The van der Waals surface area contributed by atoms with Crippen LogP contribution in [-0.2, 0) is 16.4 Å². The van der Waals surface area contributed by atoms with Gasteiger partial charge in [0, 0.05) is 22.2 Å². The molecule has 7 nitrogen and oxygen atoms in total. The first-order valence-corrected chi connectivity index (χ1v) is 8.66. The van der Waals surface area contributed by atoms with Crippen molar-refractivity contribution < 1.29 is 13.2 Å². The van der Waals surface area contributed by atoms with E-state index in [1.807, 2.05) is 30.3 Å². The highest BCUT2D eigenvalue weighted by molar-refractivity contribution is 7.89. The van der Waals surface area contributed by atoms with Crippen molar-refractivity contribution in [2.45, 2.75) is 11.3 Å². The second-order valence-electron chi connectivity index (χ2n) is 4.28. The molecule has 0 saturated carbocycles. The number of rotatable bonds is 6. The molecule has 1 N–H and O–H groups in total. The number of nitrogens with one attached hydrogen (secondary N) is 1. The summed E-state index contributed by atoms with van der Waals surface area (Å²) in [4.78, 5) is 13.8. The van der Waals surface area contributed by atoms with E-state index in [1.54, 1.807) is 0 Å². The minimum Gasteiger partial charge on any atom is -0.287 e. The lowest BCUT2D eigenvalue weighted by Crippen LogP contribution is -2.26. The predicted octanol–water partition coefficient (Wildman–Crippen LogP) is 2.72. The molecule has 1 heterocycles. The van der Waals surface area contributed by atoms with Crippen LogP contribution in [0, 0.1) is 0 Å². The third-order valence-corrected chi connectivity index (χ3v) is 5.22. The number of carbonyl (C=O) groups excluding carboxylic acids is 1. The minimum atomic E-state index is -3.82. The molecule has 9 heteroatoms. The van der Waals surface area contributed by atoms with Crippen LogP contribution in [0.2, 0.25) is 0 Å². The monoisotopic (exact) mass is 336 g/mol. The van der Waals surface area contributed by atoms with Gasteiger partial charge in [-0.15, -0.1) is 0 Å². The first-order valence-electron chi connectivity index (χ1n) is 6.24. The van der Waals surface area contributed by atoms with E-state index in [0.717, 1.165) is 16.9 Å². The van der Waals surface area contributed by atoms with E-state index in [4.69, 9.17) is 5.53 Å². The molecular formula is C13H12N4O3S2. The highest BCUT2D eigenvalue weighted by Gasteiger charge is 2.22. The second kappa shape index (κ2) is 7.19. The van der Waals surface area contributed by atoms with Crippen LogP contribution in [0.3, 0.4) is 0 Å². The largest absolute Gasteiger partial charge is 0.287 e. The Balaban J connectivity index is 2.09. The highest BCUT2D eigenvalue weighted by atomic mass is 32.2. The maximum Gasteiger partial charge on any atom is 0.251 e. The number of benzene rings is 1. The van der Waals surface area contributed by atoms with Crippen LogP contribution in [-0.4, -0.2) is 20.9 Å². The Labute approximate surface area is 131 Å². The molecule has 1 aromatic heterocycles. The summed E-state index contributed by atoms with van der Waals surface area (Å²) >= 11 is 1.05. The smallest absolute Gasteiger partial charge is 0.251 e. The maximum atomic E-state index is 12.2. The van der Waals surface area contributed by atoms with Crippen molar-refractivity contribution in [3.05, 3.63) is 62.7 Å². The van der Waals surface area contributed by atoms with Gasteiger partial charge in [-0.2, -0.15) is 11.3 Å². The standard InChI is InChI=1S/C13H12N4O3S2/c14-17-16-13(18)11-8-21-9-12(11)22(19,20)15-7-6-10-4-2-1-3-5-10/h1-5,8-9,15H,6-7H2. The molecule has 1 aromatic carbocycles. The molecule has 0 spiro atoms. The fraction of sp³-hybridized carbons (Fsp3) is 0.154. The Morgan fingerprint density at radius 1 is 1.27 bits per heavy atom. The number of thiophene rings is 1. The van der Waals surface area contributed by atoms with Crippen molar-refractivity contribution in [3.63, 3.8) is 0 Å². The van der Waals surface area contributed by atoms with Crippen molar-refractivity contribution in [1.29, 1.82) is 0 Å². The molecule has 0 unspecified atom stereocenters. The van der Waals surface area contributed by atoms with E-state index in [-0.39, 0.29) is 17.0 Å². The average Bonchev–Trinajstić information content (AvgIpc) is 2.99. The van der Waals surface area contributed by atoms with Crippen molar-refractivity contribution in [3.8, 4) is 0 Å². The zero-order chi connectivity index (χ0) is 16.0. The molecule has 0 aliphatic rings. The van der Waals surface area contributed by atoms with Crippen LogP contribution < -0.4 is 4.72 Å². The molecule has 114 valence electrons. The van der Waals surface area contributed by atoms with E-state index in [2.05, 4.69) is 14.7 Å². The van der Waals surface area contributed by atoms with E-state index in [1.165, 1.54) is 10.8 Å². The lowest BCUT2D eigenvalue weighted by Gasteiger charge is -2.06. The zero-order valence-electron chi connectivity index (χ0n) is 11.3. The van der Waals surface area contributed by atoms with Crippen molar-refractivity contribution >= 4 is 27.3 Å². The van der Waals surface area contributed by atoms with Gasteiger partial charge in [0.1, 0.15) is 4.90 Å². The molecule has 0 saturated heterocycles. The Kier molecular flexibility index (Phi) is 5.29. The molecule has 0 aliphatic heterocycles. The van der Waals surface area contributed by atoms with E-state index in [0.29, 0.717) is 6.42 Å². The maximum absolute atomic E-state index is 12.2. The molecule has 0 aliphatic carbocycles. The summed E-state index contributed by atoms with van der Waals surface area (Å²) in [5, 5.41) is 5.61. The molecule has 0 fully saturated rings. The number of amides is 1. The summed E-state index contributed by atoms with van der Waals surface area (Å²) in [6.45, 7) is 0.206. The first kappa shape index (κ1) is 16.2. The Morgan fingerprint density at radius 2 is 2.00 bits per heavy atom. The molecule has 0 bridgehead atoms. The van der Waals surface area contributed by atoms with Gasteiger partial charge in [-0.25, -0.2) is 13.1 Å². The molecule has 0 radical (unpaired) electrons. The average molecular weight is 336 g/mol. The summed E-state index contributed by atoms with van der Waals surface area (Å²) < 4.78 is 26.9. The van der Waals surface area contributed by atoms with Gasteiger partial charge < -0.3 is 0 Å². The van der Waals surface area contributed by atoms with Crippen LogP contribution in [0.15, 0.2) is 51.1 Å². The summed E-state index contributed by atoms with van der Waals surface area (Å²) in [5.74, 6) is -0.910. The summed E-state index contributed by atoms with van der Waals surface area (Å²) in [6, 6.07) is 9.43. The third kappa shape index (κ3) is 3.92. The van der Waals surface area contributed by atoms with E-state index >= 15 is 0 Å². The predicted molar refractivity (Wildman–Crippen MR) is 83.1 cm³/mol. The van der Waals surface area contributed by atoms with E-state index < -0.39 is 15.9 Å². The molecule has 1 amide bonds. The highest BCUT2D eigenvalue weighted by Crippen LogP contribution is 2.21. The zero-order valence-corrected chi connectivity index (χ0v) is 13.0. The SMILES string of the molecule is [N-]=[N+]=NC(=O)c1cscc1S(=O)(=O)NCCc1ccccc1. The summed E-state index contributed by atoms with van der Waals surface area (Å²) in [6.07, 6.45) is 0.532. The number of hydrogen-bond donors (Lipinski definition) is 1. The Hall–Kier alpha value is -2.19. The first-order chi connectivity index (χ1) is 10.5. The number of carbonyl (C=O) groups is 1. The summed E-state index contributed by atoms with van der Waals surface area (Å²) in [7, 11) is -3.82. The van der Waals surface area contributed by atoms with Gasteiger partial charge in [0.15, 0.2) is 0 Å². The van der Waals surface area contributed by atoms with Gasteiger partial charge >= 0.3 is 0 Å². The Bertz CT molecular complexity index is 809. The van der Waals surface area contributed by atoms with Crippen molar-refractivity contribution in [2.24, 2.45) is 5.11 Å². The fourth-order valence-electron chi connectivity index (χ4n) is 1.80. The number of nitrogens with zero attached hydrogens (tertiary/aromatic N) is 3. The van der Waals surface area contributed by atoms with Gasteiger partial charge in [0.25, 0.3) is 5.91 Å². The molecule has 0 atom stereocenters. The van der Waals surface area contributed by atoms with Crippen molar-refractivity contribution in [1.82, 2.24) is 4.72 Å². The summed E-state index contributed by atoms with van der Waals surface area (Å²) in [5.41, 5.74) is 9.16. The van der Waals surface area contributed by atoms with Gasteiger partial charge in [-0.1, -0.05) is 30.3 Å². The van der Waals surface area contributed by atoms with Crippen LogP contribution in [0.25, 0.3) is 10.4 Å². The lowest BCUT2D eigenvalue weighted by molar-refractivity contribution is 0.0998. The number of azide groups is 1. The number of hydrogen-bond acceptors (Lipinski definition) is 4. The third-order valence-electron chi connectivity index (χ3n) is 2.83. The lowest BCUT2D eigenvalue weighted by atomic mass is 10.2. The minimum absolute atomic E-state index is 0.116. The normalized spacial score (nSPS) is 10.9. The van der Waals surface area contributed by atoms with E-state index in [9.17, 15) is 13.2 Å². The number of sulfonamides is 1. The van der Waals surface area contributed by atoms with Crippen LogP contribution in [0.1, 0.15) is 15.9 Å². The molecular weight excluding hydrogens is 324 g/mol. The van der Waals surface area contributed by atoms with Crippen LogP contribution in [0.5, 0.6) is 0 Å². The van der Waals surface area contributed by atoms with Gasteiger partial charge in [0.05, 0.1) is 5.56 Å². The molecule has 2 aromatic rings. The fourth-order valence-corrected chi connectivity index (χ4v) is 4.19. The van der Waals surface area contributed by atoms with Crippen molar-refractivity contribution in [2.75, 3.05) is 6.54 Å². The quantitative estimate of drug-likeness (QED) is 0.497. The van der Waals surface area contributed by atoms with Gasteiger partial charge in [0.2, 0.25) is 10.0 Å². The topological polar surface area (TPSA) is 112 Å².